The Kier molecular flexibility index (Phi) is 5.62. The maximum Gasteiger partial charge on any atom is 0.326 e. The van der Waals surface area contributed by atoms with E-state index in [1.54, 1.807) is 7.05 Å². The predicted molar refractivity (Wildman–Crippen MR) is 73.6 cm³/mol. The van der Waals surface area contributed by atoms with Gasteiger partial charge >= 0.3 is 5.97 Å². The van der Waals surface area contributed by atoms with Crippen molar-refractivity contribution in [3.05, 3.63) is 34.2 Å². The molecule has 6 nitrogen and oxygen atoms in total. The van der Waals surface area contributed by atoms with Crippen LogP contribution in [0.15, 0.2) is 23.1 Å². The van der Waals surface area contributed by atoms with Crippen LogP contribution in [0, 0.1) is 0 Å². The maximum absolute atomic E-state index is 11.9. The Hall–Kier alpha value is -1.76. The minimum Gasteiger partial charge on any atom is -0.480 e. The second-order valence-corrected chi connectivity index (χ2v) is 5.00. The van der Waals surface area contributed by atoms with Crippen molar-refractivity contribution in [2.45, 2.75) is 12.5 Å². The van der Waals surface area contributed by atoms with Crippen molar-refractivity contribution in [2.24, 2.45) is 7.05 Å². The molecule has 0 saturated heterocycles. The second-order valence-electron chi connectivity index (χ2n) is 4.01. The van der Waals surface area contributed by atoms with Crippen LogP contribution in [0.1, 0.15) is 16.8 Å². The molecule has 7 heteroatoms. The van der Waals surface area contributed by atoms with Gasteiger partial charge in [0.15, 0.2) is 0 Å². The average Bonchev–Trinajstić information content (AvgIpc) is 2.37. The summed E-state index contributed by atoms with van der Waals surface area (Å²) in [4.78, 5) is 34.3. The number of carboxylic acids is 1. The average molecular weight is 284 g/mol. The van der Waals surface area contributed by atoms with Crippen molar-refractivity contribution >= 4 is 23.6 Å². The molecule has 1 rings (SSSR count). The number of hydrogen-bond donors (Lipinski definition) is 2. The monoisotopic (exact) mass is 284 g/mol. The van der Waals surface area contributed by atoms with Gasteiger partial charge in [0, 0.05) is 24.9 Å². The van der Waals surface area contributed by atoms with Crippen LogP contribution in [0.2, 0.25) is 0 Å². The molecule has 0 spiro atoms. The number of aryl methyl sites for hydroxylation is 1. The van der Waals surface area contributed by atoms with E-state index in [9.17, 15) is 14.4 Å². The lowest BCUT2D eigenvalue weighted by molar-refractivity contribution is -0.139. The summed E-state index contributed by atoms with van der Waals surface area (Å²) in [6.45, 7) is 0. The van der Waals surface area contributed by atoms with Gasteiger partial charge < -0.3 is 15.0 Å². The topological polar surface area (TPSA) is 88.4 Å². The lowest BCUT2D eigenvalue weighted by Crippen LogP contribution is -2.41. The fourth-order valence-corrected chi connectivity index (χ4v) is 1.90. The Morgan fingerprint density at radius 2 is 2.21 bits per heavy atom. The van der Waals surface area contributed by atoms with Gasteiger partial charge in [-0.05, 0) is 24.5 Å². The minimum atomic E-state index is -1.08. The molecule has 1 heterocycles. The lowest BCUT2D eigenvalue weighted by Gasteiger charge is -2.13. The number of thioether (sulfide) groups is 1. The zero-order valence-corrected chi connectivity index (χ0v) is 11.6. The smallest absolute Gasteiger partial charge is 0.326 e. The fourth-order valence-electron chi connectivity index (χ4n) is 1.42. The van der Waals surface area contributed by atoms with Gasteiger partial charge in [0.05, 0.1) is 0 Å². The summed E-state index contributed by atoms with van der Waals surface area (Å²) in [5, 5.41) is 11.4. The number of hydrogen-bond acceptors (Lipinski definition) is 4. The quantitative estimate of drug-likeness (QED) is 0.785. The summed E-state index contributed by atoms with van der Waals surface area (Å²) in [7, 11) is 1.57. The van der Waals surface area contributed by atoms with E-state index in [4.69, 9.17) is 5.11 Å². The summed E-state index contributed by atoms with van der Waals surface area (Å²) in [5.74, 6) is -0.995. The van der Waals surface area contributed by atoms with Gasteiger partial charge in [0.2, 0.25) is 0 Å². The molecule has 19 heavy (non-hydrogen) atoms. The van der Waals surface area contributed by atoms with E-state index in [2.05, 4.69) is 5.32 Å². The van der Waals surface area contributed by atoms with Crippen LogP contribution in [0.5, 0.6) is 0 Å². The molecule has 1 amide bonds. The van der Waals surface area contributed by atoms with Crippen LogP contribution in [0.4, 0.5) is 0 Å². The molecule has 0 aromatic carbocycles. The molecule has 104 valence electrons. The number of nitrogens with one attached hydrogen (secondary N) is 1. The zero-order chi connectivity index (χ0) is 14.4. The number of amides is 1. The van der Waals surface area contributed by atoms with Crippen molar-refractivity contribution in [3.8, 4) is 0 Å². The second kappa shape index (κ2) is 6.98. The largest absolute Gasteiger partial charge is 0.480 e. The third-order valence-electron chi connectivity index (χ3n) is 2.58. The van der Waals surface area contributed by atoms with E-state index < -0.39 is 17.9 Å². The number of pyridine rings is 1. The molecule has 0 saturated carbocycles. The van der Waals surface area contributed by atoms with Crippen molar-refractivity contribution < 1.29 is 14.7 Å². The van der Waals surface area contributed by atoms with Gasteiger partial charge in [-0.2, -0.15) is 11.8 Å². The van der Waals surface area contributed by atoms with Crippen LogP contribution < -0.4 is 10.9 Å². The van der Waals surface area contributed by atoms with E-state index in [1.807, 2.05) is 6.26 Å². The summed E-state index contributed by atoms with van der Waals surface area (Å²) < 4.78 is 1.33. The molecular formula is C12H16N2O4S. The molecule has 0 aliphatic heterocycles. The van der Waals surface area contributed by atoms with Gasteiger partial charge in [-0.25, -0.2) is 4.79 Å². The van der Waals surface area contributed by atoms with E-state index >= 15 is 0 Å². The van der Waals surface area contributed by atoms with E-state index in [0.29, 0.717) is 12.2 Å². The standard InChI is InChI=1S/C12H16N2O4S/c1-14-5-3-8(7-10(14)15)11(16)13-9(12(17)18)4-6-19-2/h3,5,7,9H,4,6H2,1-2H3,(H,13,16)(H,17,18). The van der Waals surface area contributed by atoms with Crippen LogP contribution in [-0.4, -0.2) is 39.6 Å². The summed E-state index contributed by atoms with van der Waals surface area (Å²) in [6, 6.07) is 1.72. The highest BCUT2D eigenvalue weighted by Crippen LogP contribution is 2.03. The third kappa shape index (κ3) is 4.44. The summed E-state index contributed by atoms with van der Waals surface area (Å²) >= 11 is 1.51. The molecule has 0 fully saturated rings. The highest BCUT2D eigenvalue weighted by Gasteiger charge is 2.20. The first kappa shape index (κ1) is 15.3. The maximum atomic E-state index is 11.9. The number of nitrogens with zero attached hydrogens (tertiary/aromatic N) is 1. The molecule has 0 radical (unpaired) electrons. The predicted octanol–water partition coefficient (Wildman–Crippen LogP) is 0.321. The summed E-state index contributed by atoms with van der Waals surface area (Å²) in [6.07, 6.45) is 3.67. The van der Waals surface area contributed by atoms with E-state index in [0.717, 1.165) is 0 Å². The van der Waals surface area contributed by atoms with Crippen molar-refractivity contribution in [3.63, 3.8) is 0 Å². The third-order valence-corrected chi connectivity index (χ3v) is 3.22. The molecule has 1 aromatic heterocycles. The van der Waals surface area contributed by atoms with Gasteiger partial charge in [-0.3, -0.25) is 9.59 Å². The molecule has 0 aliphatic rings. The SMILES string of the molecule is CSCCC(NC(=O)c1ccn(C)c(=O)c1)C(=O)O. The van der Waals surface area contributed by atoms with Crippen molar-refractivity contribution in [1.82, 2.24) is 9.88 Å². The highest BCUT2D eigenvalue weighted by molar-refractivity contribution is 7.98. The number of carboxylic acid groups (broad SMARTS) is 1. The van der Waals surface area contributed by atoms with Gasteiger partial charge in [-0.1, -0.05) is 0 Å². The van der Waals surface area contributed by atoms with Crippen molar-refractivity contribution in [1.29, 1.82) is 0 Å². The van der Waals surface area contributed by atoms with Crippen LogP contribution in [0.3, 0.4) is 0 Å². The molecule has 1 atom stereocenters. The van der Waals surface area contributed by atoms with Gasteiger partial charge in [0.25, 0.3) is 11.5 Å². The number of rotatable bonds is 6. The Balaban J connectivity index is 2.78. The Morgan fingerprint density at radius 3 is 2.74 bits per heavy atom. The zero-order valence-electron chi connectivity index (χ0n) is 10.8. The molecule has 0 aliphatic carbocycles. The molecule has 0 bridgehead atoms. The Bertz CT molecular complexity index is 527. The number of aromatic nitrogens is 1. The van der Waals surface area contributed by atoms with Gasteiger partial charge in [0.1, 0.15) is 6.04 Å². The minimum absolute atomic E-state index is 0.165. The first-order valence-electron chi connectivity index (χ1n) is 5.65. The fraction of sp³-hybridized carbons (Fsp3) is 0.417. The molecule has 1 unspecified atom stereocenters. The number of carbonyl (C=O) groups excluding carboxylic acids is 1. The normalized spacial score (nSPS) is 11.9. The van der Waals surface area contributed by atoms with Gasteiger partial charge in [-0.15, -0.1) is 0 Å². The summed E-state index contributed by atoms with van der Waals surface area (Å²) in [5.41, 5.74) is -0.151. The molecule has 1 aromatic rings. The molecular weight excluding hydrogens is 268 g/mol. The first-order valence-corrected chi connectivity index (χ1v) is 7.04. The Labute approximate surface area is 114 Å². The Morgan fingerprint density at radius 1 is 1.53 bits per heavy atom. The van der Waals surface area contributed by atoms with Crippen LogP contribution in [0.25, 0.3) is 0 Å². The number of aliphatic carboxylic acids is 1. The highest BCUT2D eigenvalue weighted by atomic mass is 32.2. The van der Waals surface area contributed by atoms with E-state index in [-0.39, 0.29) is 11.1 Å². The van der Waals surface area contributed by atoms with E-state index in [1.165, 1.54) is 34.7 Å². The van der Waals surface area contributed by atoms with Crippen LogP contribution in [-0.2, 0) is 11.8 Å². The van der Waals surface area contributed by atoms with Crippen LogP contribution >= 0.6 is 11.8 Å². The first-order chi connectivity index (χ1) is 8.95. The lowest BCUT2D eigenvalue weighted by atomic mass is 10.2. The molecule has 2 N–H and O–H groups in total. The van der Waals surface area contributed by atoms with Crippen molar-refractivity contribution in [2.75, 3.05) is 12.0 Å². The number of carbonyl (C=O) groups is 2.